The number of fused-ring (bicyclic) bond motifs is 1. The smallest absolute Gasteiger partial charge is 0.342 e. The summed E-state index contributed by atoms with van der Waals surface area (Å²) in [5.41, 5.74) is 2.87. The number of carbonyl (C=O) groups is 2. The molecular formula is C38H39F3N4O2. The van der Waals surface area contributed by atoms with Crippen LogP contribution in [0.1, 0.15) is 49.1 Å². The zero-order valence-corrected chi connectivity index (χ0v) is 27.0. The molecule has 0 spiro atoms. The summed E-state index contributed by atoms with van der Waals surface area (Å²) in [6.07, 6.45) is 0.271. The number of anilines is 1. The van der Waals surface area contributed by atoms with Crippen LogP contribution in [-0.2, 0) is 22.3 Å². The first-order valence-electron chi connectivity index (χ1n) is 15.4. The average Bonchev–Trinajstić information content (AvgIpc) is 3.05. The normalized spacial score (nSPS) is 13.0. The molecule has 0 aliphatic rings. The molecule has 0 radical (unpaired) electrons. The van der Waals surface area contributed by atoms with Gasteiger partial charge in [-0.3, -0.25) is 14.5 Å². The first-order chi connectivity index (χ1) is 22.5. The maximum Gasteiger partial charge on any atom is 0.416 e. The van der Waals surface area contributed by atoms with Crippen molar-refractivity contribution in [3.8, 4) is 0 Å². The summed E-state index contributed by atoms with van der Waals surface area (Å²) < 4.78 is 39.3. The highest BCUT2D eigenvalue weighted by Crippen LogP contribution is 2.31. The number of pyridine rings is 1. The van der Waals surface area contributed by atoms with Crippen LogP contribution < -0.4 is 5.32 Å². The third-order valence-electron chi connectivity index (χ3n) is 7.89. The van der Waals surface area contributed by atoms with Crippen LogP contribution in [0.25, 0.3) is 16.5 Å². The van der Waals surface area contributed by atoms with Crippen molar-refractivity contribution in [1.82, 2.24) is 14.8 Å². The number of likely N-dealkylation sites (N-methyl/N-ethyl adjacent to an activating group) is 2. The van der Waals surface area contributed by atoms with E-state index in [0.29, 0.717) is 42.1 Å². The molecule has 0 bridgehead atoms. The Hall–Kier alpha value is -5.02. The lowest BCUT2D eigenvalue weighted by atomic mass is 9.97. The highest BCUT2D eigenvalue weighted by molar-refractivity contribution is 6.12. The maximum absolute atomic E-state index is 13.5. The van der Waals surface area contributed by atoms with E-state index < -0.39 is 23.7 Å². The first kappa shape index (κ1) is 34.8. The summed E-state index contributed by atoms with van der Waals surface area (Å²) in [4.78, 5) is 35.4. The number of carbonyl (C=O) groups excluding carboxylic acids is 2. The summed E-state index contributed by atoms with van der Waals surface area (Å²) in [5, 5.41) is 3.66. The van der Waals surface area contributed by atoms with Crippen LogP contribution in [-0.4, -0.2) is 46.7 Å². The van der Waals surface area contributed by atoms with E-state index in [0.717, 1.165) is 28.6 Å². The molecule has 1 atom stereocenters. The van der Waals surface area contributed by atoms with Gasteiger partial charge in [0, 0.05) is 30.6 Å². The number of aromatic nitrogens is 1. The number of halogens is 3. The number of rotatable bonds is 12. The van der Waals surface area contributed by atoms with Crippen molar-refractivity contribution in [2.45, 2.75) is 39.5 Å². The molecule has 4 rings (SSSR count). The SMILES string of the molecule is C=C/C(C(=O)Nc1ccc2cc(CN(C)C(C(=O)N(CC)CC)c3ccccc3)ccc2n1)=C(\C=C/C)c1ccc(C(F)(F)F)cc1. The second-order valence-corrected chi connectivity index (χ2v) is 11.0. The molecule has 3 aromatic carbocycles. The van der Waals surface area contributed by atoms with Crippen molar-refractivity contribution in [2.75, 3.05) is 25.5 Å². The largest absolute Gasteiger partial charge is 0.416 e. The van der Waals surface area contributed by atoms with E-state index in [1.807, 2.05) is 85.3 Å². The number of allylic oxidation sites excluding steroid dienone is 3. The van der Waals surface area contributed by atoms with Crippen molar-refractivity contribution in [3.05, 3.63) is 138 Å². The van der Waals surface area contributed by atoms with Crippen molar-refractivity contribution in [1.29, 1.82) is 0 Å². The van der Waals surface area contributed by atoms with Gasteiger partial charge >= 0.3 is 6.18 Å². The van der Waals surface area contributed by atoms with Crippen molar-refractivity contribution in [2.24, 2.45) is 0 Å². The summed E-state index contributed by atoms with van der Waals surface area (Å²) in [6, 6.07) is 23.3. The fourth-order valence-corrected chi connectivity index (χ4v) is 5.51. The molecule has 1 unspecified atom stereocenters. The second-order valence-electron chi connectivity index (χ2n) is 11.0. The van der Waals surface area contributed by atoms with Crippen LogP contribution in [0.4, 0.5) is 19.0 Å². The van der Waals surface area contributed by atoms with Gasteiger partial charge in [0.05, 0.1) is 11.1 Å². The summed E-state index contributed by atoms with van der Waals surface area (Å²) in [5.74, 6) is -0.133. The fourth-order valence-electron chi connectivity index (χ4n) is 5.51. The monoisotopic (exact) mass is 640 g/mol. The minimum Gasteiger partial charge on any atom is -0.342 e. The summed E-state index contributed by atoms with van der Waals surface area (Å²) >= 11 is 0. The molecule has 0 fully saturated rings. The zero-order valence-electron chi connectivity index (χ0n) is 27.0. The van der Waals surface area contributed by atoms with E-state index in [-0.39, 0.29) is 11.5 Å². The molecule has 9 heteroatoms. The van der Waals surface area contributed by atoms with Crippen LogP contribution in [0.3, 0.4) is 0 Å². The van der Waals surface area contributed by atoms with E-state index in [4.69, 9.17) is 0 Å². The molecule has 244 valence electrons. The molecule has 2 amide bonds. The Morgan fingerprint density at radius 2 is 1.64 bits per heavy atom. The van der Waals surface area contributed by atoms with Gasteiger partial charge in [-0.25, -0.2) is 4.98 Å². The minimum absolute atomic E-state index is 0.0513. The molecule has 1 heterocycles. The van der Waals surface area contributed by atoms with Gasteiger partial charge < -0.3 is 10.2 Å². The van der Waals surface area contributed by atoms with E-state index in [9.17, 15) is 22.8 Å². The van der Waals surface area contributed by atoms with Crippen LogP contribution >= 0.6 is 0 Å². The van der Waals surface area contributed by atoms with E-state index >= 15 is 0 Å². The number of hydrogen-bond donors (Lipinski definition) is 1. The number of nitrogens with one attached hydrogen (secondary N) is 1. The number of hydrogen-bond acceptors (Lipinski definition) is 4. The van der Waals surface area contributed by atoms with Crippen LogP contribution in [0.2, 0.25) is 0 Å². The average molecular weight is 641 g/mol. The quantitative estimate of drug-likeness (QED) is 0.125. The maximum atomic E-state index is 13.5. The van der Waals surface area contributed by atoms with Crippen LogP contribution in [0, 0.1) is 0 Å². The van der Waals surface area contributed by atoms with Gasteiger partial charge in [0.25, 0.3) is 5.91 Å². The Labute approximate surface area is 273 Å². The Bertz CT molecular complexity index is 1780. The third kappa shape index (κ3) is 8.42. The summed E-state index contributed by atoms with van der Waals surface area (Å²) in [7, 11) is 1.94. The van der Waals surface area contributed by atoms with Gasteiger partial charge in [0.1, 0.15) is 11.9 Å². The second kappa shape index (κ2) is 15.5. The Morgan fingerprint density at radius 3 is 2.23 bits per heavy atom. The molecule has 6 nitrogen and oxygen atoms in total. The van der Waals surface area contributed by atoms with Crippen LogP contribution in [0.5, 0.6) is 0 Å². The van der Waals surface area contributed by atoms with Gasteiger partial charge in [0.15, 0.2) is 0 Å². The standard InChI is InChI=1S/C38H39F3N4O2/c1-6-13-32(27-17-20-30(21-18-27)38(39,40)41)31(7-2)36(46)43-34-23-19-29-24-26(16-22-33(29)42-34)25-44(5)35(28-14-11-10-12-15-28)37(47)45(8-3)9-4/h6-7,10-24,35H,2,8-9,25H2,1,3-5H3,(H,42,43,46)/b13-6-,32-31-. The van der Waals surface area contributed by atoms with Gasteiger partial charge in [-0.2, -0.15) is 13.2 Å². The van der Waals surface area contributed by atoms with Gasteiger partial charge in [0.2, 0.25) is 5.91 Å². The summed E-state index contributed by atoms with van der Waals surface area (Å²) in [6.45, 7) is 11.3. The van der Waals surface area contributed by atoms with E-state index in [1.54, 1.807) is 25.1 Å². The molecule has 0 aliphatic heterocycles. The topological polar surface area (TPSA) is 65.5 Å². The Balaban J connectivity index is 1.56. The lowest BCUT2D eigenvalue weighted by Crippen LogP contribution is -2.41. The fraction of sp³-hybridized carbons (Fsp3) is 0.237. The van der Waals surface area contributed by atoms with Gasteiger partial charge in [-0.15, -0.1) is 0 Å². The van der Waals surface area contributed by atoms with Crippen molar-refractivity contribution in [3.63, 3.8) is 0 Å². The van der Waals surface area contributed by atoms with Crippen molar-refractivity contribution < 1.29 is 22.8 Å². The minimum atomic E-state index is -4.46. The molecule has 0 saturated carbocycles. The molecule has 1 N–H and O–H groups in total. The molecule has 0 saturated heterocycles. The number of benzene rings is 3. The van der Waals surface area contributed by atoms with E-state index in [1.165, 1.54) is 18.2 Å². The van der Waals surface area contributed by atoms with Crippen LogP contribution in [0.15, 0.2) is 115 Å². The molecule has 1 aromatic heterocycles. The third-order valence-corrected chi connectivity index (χ3v) is 7.89. The highest BCUT2D eigenvalue weighted by Gasteiger charge is 2.30. The van der Waals surface area contributed by atoms with Gasteiger partial charge in [-0.05, 0) is 86.5 Å². The molecule has 0 aliphatic carbocycles. The highest BCUT2D eigenvalue weighted by atomic mass is 19.4. The Kier molecular flexibility index (Phi) is 11.5. The predicted octanol–water partition coefficient (Wildman–Crippen LogP) is 8.45. The lowest BCUT2D eigenvalue weighted by Gasteiger charge is -2.32. The first-order valence-corrected chi connectivity index (χ1v) is 15.4. The van der Waals surface area contributed by atoms with Gasteiger partial charge in [-0.1, -0.05) is 73.3 Å². The van der Waals surface area contributed by atoms with E-state index in [2.05, 4.69) is 16.9 Å². The zero-order chi connectivity index (χ0) is 34.1. The number of alkyl halides is 3. The molecule has 4 aromatic rings. The lowest BCUT2D eigenvalue weighted by molar-refractivity contribution is -0.138. The van der Waals surface area contributed by atoms with Crippen molar-refractivity contribution >= 4 is 34.1 Å². The molecular weight excluding hydrogens is 601 g/mol. The number of amides is 2. The Morgan fingerprint density at radius 1 is 0.957 bits per heavy atom. The predicted molar refractivity (Wildman–Crippen MR) is 182 cm³/mol. The number of nitrogens with zero attached hydrogens (tertiary/aromatic N) is 3. The molecule has 47 heavy (non-hydrogen) atoms.